The Hall–Kier alpha value is -7.01. The van der Waals surface area contributed by atoms with Crippen molar-refractivity contribution in [3.8, 4) is 78.4 Å². The van der Waals surface area contributed by atoms with Crippen LogP contribution in [0.4, 0.5) is 0 Å². The molecule has 10 rings (SSSR count). The number of aromatic nitrogens is 3. The summed E-state index contributed by atoms with van der Waals surface area (Å²) in [5.74, 6) is 0.678. The highest BCUT2D eigenvalue weighted by molar-refractivity contribution is 7.26. The van der Waals surface area contributed by atoms with Crippen LogP contribution in [0, 0.1) is 0 Å². The fraction of sp³-hybridized carbons (Fsp3) is 0. The van der Waals surface area contributed by atoms with Crippen LogP contribution in [0.15, 0.2) is 200 Å². The molecule has 0 amide bonds. The first-order valence-corrected chi connectivity index (χ1v) is 19.2. The van der Waals surface area contributed by atoms with E-state index >= 15 is 0 Å². The molecule has 0 atom stereocenters. The Morgan fingerprint density at radius 1 is 0.345 bits per heavy atom. The van der Waals surface area contributed by atoms with Crippen molar-refractivity contribution in [1.29, 1.82) is 0 Å². The van der Waals surface area contributed by atoms with Gasteiger partial charge in [0, 0.05) is 54.8 Å². The van der Waals surface area contributed by atoms with Gasteiger partial charge in [0.15, 0.2) is 5.82 Å². The van der Waals surface area contributed by atoms with Crippen LogP contribution in [0.3, 0.4) is 0 Å². The van der Waals surface area contributed by atoms with E-state index in [1.54, 1.807) is 0 Å². The van der Waals surface area contributed by atoms with Gasteiger partial charge in [-0.2, -0.15) is 0 Å². The molecule has 0 radical (unpaired) electrons. The molecule has 0 N–H and O–H groups in total. The van der Waals surface area contributed by atoms with Gasteiger partial charge in [-0.1, -0.05) is 152 Å². The molecule has 0 aliphatic heterocycles. The summed E-state index contributed by atoms with van der Waals surface area (Å²) in [5, 5.41) is 2.56. The normalized spacial score (nSPS) is 11.3. The smallest absolute Gasteiger partial charge is 0.160 e. The first-order valence-electron chi connectivity index (χ1n) is 18.4. The van der Waals surface area contributed by atoms with Crippen LogP contribution in [0.25, 0.3) is 98.6 Å². The van der Waals surface area contributed by atoms with E-state index in [0.29, 0.717) is 5.82 Å². The molecule has 3 heterocycles. The van der Waals surface area contributed by atoms with E-state index in [9.17, 15) is 0 Å². The van der Waals surface area contributed by atoms with Crippen molar-refractivity contribution in [2.75, 3.05) is 0 Å². The van der Waals surface area contributed by atoms with Gasteiger partial charge in [0.25, 0.3) is 0 Å². The molecule has 55 heavy (non-hydrogen) atoms. The van der Waals surface area contributed by atoms with Gasteiger partial charge < -0.3 is 0 Å². The van der Waals surface area contributed by atoms with Crippen molar-refractivity contribution in [1.82, 2.24) is 15.0 Å². The minimum absolute atomic E-state index is 0.678. The second-order valence-electron chi connectivity index (χ2n) is 13.6. The van der Waals surface area contributed by atoms with Crippen LogP contribution < -0.4 is 0 Å². The average Bonchev–Trinajstić information content (AvgIpc) is 3.66. The molecular formula is C51H33N3S. The molecule has 0 aliphatic carbocycles. The lowest BCUT2D eigenvalue weighted by atomic mass is 9.90. The summed E-state index contributed by atoms with van der Waals surface area (Å²) in [6.07, 6.45) is 3.72. The van der Waals surface area contributed by atoms with Crippen molar-refractivity contribution in [2.45, 2.75) is 0 Å². The summed E-state index contributed by atoms with van der Waals surface area (Å²) in [4.78, 5) is 15.0. The van der Waals surface area contributed by atoms with Gasteiger partial charge >= 0.3 is 0 Å². The third kappa shape index (κ3) is 6.19. The number of thiophene rings is 1. The molecule has 7 aromatic carbocycles. The molecule has 3 aromatic heterocycles. The minimum Gasteiger partial charge on any atom is -0.264 e. The van der Waals surface area contributed by atoms with Gasteiger partial charge in [-0.25, -0.2) is 9.97 Å². The quantitative estimate of drug-likeness (QED) is 0.165. The highest BCUT2D eigenvalue weighted by Crippen LogP contribution is 2.43. The highest BCUT2D eigenvalue weighted by Gasteiger charge is 2.18. The molecule has 4 heteroatoms. The molecule has 0 bridgehead atoms. The summed E-state index contributed by atoms with van der Waals surface area (Å²) < 4.78 is 2.57. The van der Waals surface area contributed by atoms with Gasteiger partial charge in [0.2, 0.25) is 0 Å². The molecule has 0 unspecified atom stereocenters. The van der Waals surface area contributed by atoms with Crippen LogP contribution >= 0.6 is 11.3 Å². The summed E-state index contributed by atoms with van der Waals surface area (Å²) >= 11 is 1.85. The van der Waals surface area contributed by atoms with Crippen LogP contribution in [0.1, 0.15) is 0 Å². The van der Waals surface area contributed by atoms with Crippen molar-refractivity contribution in [2.24, 2.45) is 0 Å². The van der Waals surface area contributed by atoms with E-state index in [1.807, 2.05) is 48.0 Å². The van der Waals surface area contributed by atoms with Crippen molar-refractivity contribution in [3.05, 3.63) is 200 Å². The Balaban J connectivity index is 1.24. The average molecular weight is 720 g/mol. The number of fused-ring (bicyclic) bond motifs is 3. The number of rotatable bonds is 7. The van der Waals surface area contributed by atoms with E-state index in [4.69, 9.17) is 9.97 Å². The lowest BCUT2D eigenvalue weighted by Gasteiger charge is -2.16. The Labute approximate surface area is 323 Å². The van der Waals surface area contributed by atoms with Crippen molar-refractivity contribution in [3.63, 3.8) is 0 Å². The Morgan fingerprint density at radius 3 is 1.64 bits per heavy atom. The van der Waals surface area contributed by atoms with E-state index in [2.05, 4.69) is 169 Å². The number of hydrogen-bond donors (Lipinski definition) is 0. The monoisotopic (exact) mass is 719 g/mol. The summed E-state index contributed by atoms with van der Waals surface area (Å²) in [7, 11) is 0. The van der Waals surface area contributed by atoms with Crippen molar-refractivity contribution >= 4 is 31.5 Å². The van der Waals surface area contributed by atoms with Gasteiger partial charge in [-0.05, 0) is 75.3 Å². The fourth-order valence-corrected chi connectivity index (χ4v) is 8.83. The van der Waals surface area contributed by atoms with Gasteiger partial charge in [-0.15, -0.1) is 11.3 Å². The molecule has 0 saturated heterocycles. The van der Waals surface area contributed by atoms with Crippen LogP contribution in [-0.2, 0) is 0 Å². The highest BCUT2D eigenvalue weighted by atomic mass is 32.1. The summed E-state index contributed by atoms with van der Waals surface area (Å²) in [6, 6.07) is 66.6. The maximum atomic E-state index is 5.33. The zero-order valence-corrected chi connectivity index (χ0v) is 30.6. The number of benzene rings is 7. The van der Waals surface area contributed by atoms with Crippen LogP contribution in [0.5, 0.6) is 0 Å². The Kier molecular flexibility index (Phi) is 8.36. The largest absolute Gasteiger partial charge is 0.264 e. The van der Waals surface area contributed by atoms with E-state index in [1.165, 1.54) is 42.4 Å². The Morgan fingerprint density at radius 2 is 0.891 bits per heavy atom. The number of hydrogen-bond acceptors (Lipinski definition) is 4. The molecule has 0 saturated carbocycles. The fourth-order valence-electron chi connectivity index (χ4n) is 7.59. The molecular weight excluding hydrogens is 687 g/mol. The first-order chi connectivity index (χ1) is 27.3. The second kappa shape index (κ2) is 14.1. The third-order valence-corrected chi connectivity index (χ3v) is 11.4. The predicted octanol–water partition coefficient (Wildman–Crippen LogP) is 13.9. The first kappa shape index (κ1) is 32.6. The number of pyridine rings is 1. The van der Waals surface area contributed by atoms with E-state index in [0.717, 1.165) is 50.3 Å². The summed E-state index contributed by atoms with van der Waals surface area (Å²) in [6.45, 7) is 0. The van der Waals surface area contributed by atoms with Gasteiger partial charge in [0.1, 0.15) is 0 Å². The van der Waals surface area contributed by atoms with E-state index in [-0.39, 0.29) is 0 Å². The summed E-state index contributed by atoms with van der Waals surface area (Å²) in [5.41, 5.74) is 13.8. The lowest BCUT2D eigenvalue weighted by molar-refractivity contribution is 1.18. The zero-order valence-electron chi connectivity index (χ0n) is 29.8. The molecule has 258 valence electrons. The molecule has 10 aromatic rings. The third-order valence-electron chi connectivity index (χ3n) is 10.2. The second-order valence-corrected chi connectivity index (χ2v) is 14.7. The molecule has 3 nitrogen and oxygen atoms in total. The SMILES string of the molecule is c1ccc(-c2nc(-c3cc(-c4ccccc4-c4ccccc4)cc(-c4cccc5c4sc4ccccc45)c3)cc(-c3ccccc3-c3cccnc3)n2)cc1. The van der Waals surface area contributed by atoms with Gasteiger partial charge in [0.05, 0.1) is 11.4 Å². The maximum absolute atomic E-state index is 5.33. The van der Waals surface area contributed by atoms with Gasteiger partial charge in [-0.3, -0.25) is 4.98 Å². The molecule has 0 fully saturated rings. The van der Waals surface area contributed by atoms with Crippen LogP contribution in [-0.4, -0.2) is 15.0 Å². The zero-order chi connectivity index (χ0) is 36.6. The van der Waals surface area contributed by atoms with Crippen LogP contribution in [0.2, 0.25) is 0 Å². The maximum Gasteiger partial charge on any atom is 0.160 e. The standard InChI is InChI=1S/C51H33N3S/c1-3-15-34(16-4-1)40-20-7-8-22-42(40)37-29-38(43-25-13-26-46-45-24-11-12-27-49(45)55-50(43)46)31-39(30-37)47-32-48(54-51(53-47)35-17-5-2-6-18-35)44-23-10-9-21-41(44)36-19-14-28-52-33-36/h1-33H. The number of nitrogens with zero attached hydrogens (tertiary/aromatic N) is 3. The lowest BCUT2D eigenvalue weighted by Crippen LogP contribution is -1.98. The molecule has 0 aliphatic rings. The predicted molar refractivity (Wildman–Crippen MR) is 231 cm³/mol. The van der Waals surface area contributed by atoms with E-state index < -0.39 is 0 Å². The topological polar surface area (TPSA) is 38.7 Å². The Bertz CT molecular complexity index is 2970. The molecule has 0 spiro atoms. The minimum atomic E-state index is 0.678. The van der Waals surface area contributed by atoms with Crippen molar-refractivity contribution < 1.29 is 0 Å².